The van der Waals surface area contributed by atoms with Crippen LogP contribution in [0.15, 0.2) is 122 Å². The van der Waals surface area contributed by atoms with Crippen molar-refractivity contribution >= 4 is 5.91 Å². The Hall–Kier alpha value is -3.61. The van der Waals surface area contributed by atoms with Crippen LogP contribution in [-0.4, -0.2) is 140 Å². The SMILES string of the molecule is CC/C=C\C/C=C\C/C=C\C/C=C\C/C=C\C/C=C\C/C=C\C/C=C\C/C=C\CCCCCCCC(=O)NC(COC1OC(CO)C(OC2OC(CO)C(O)C(O)C2O)C(O)C1O)C(O)/C=C/CCC. The van der Waals surface area contributed by atoms with Crippen molar-refractivity contribution in [3.8, 4) is 0 Å². The molecule has 2 rings (SSSR count). The summed E-state index contributed by atoms with van der Waals surface area (Å²) in [6.07, 6.45) is 42.2. The molecule has 2 saturated heterocycles. The normalized spacial score (nSPS) is 27.0. The van der Waals surface area contributed by atoms with Crippen LogP contribution in [0.25, 0.3) is 0 Å². The Labute approximate surface area is 418 Å². The van der Waals surface area contributed by atoms with E-state index in [1.807, 2.05) is 6.92 Å². The molecule has 2 aliphatic rings. The summed E-state index contributed by atoms with van der Waals surface area (Å²) in [5.74, 6) is -0.278. The first kappa shape index (κ1) is 62.5. The molecule has 14 heteroatoms. The van der Waals surface area contributed by atoms with Gasteiger partial charge < -0.3 is 65.1 Å². The fourth-order valence-corrected chi connectivity index (χ4v) is 7.46. The van der Waals surface area contributed by atoms with Gasteiger partial charge in [-0.25, -0.2) is 0 Å². The number of allylic oxidation sites excluding steroid dienone is 19. The quantitative estimate of drug-likeness (QED) is 0.0224. The van der Waals surface area contributed by atoms with Gasteiger partial charge in [0, 0.05) is 6.42 Å². The lowest BCUT2D eigenvalue weighted by Crippen LogP contribution is -2.65. The molecule has 0 aromatic carbocycles. The molecular weight excluding hydrogens is 895 g/mol. The minimum Gasteiger partial charge on any atom is -0.394 e. The minimum absolute atomic E-state index is 0.247. The predicted molar refractivity (Wildman–Crippen MR) is 276 cm³/mol. The first-order valence-electron chi connectivity index (χ1n) is 25.8. The van der Waals surface area contributed by atoms with E-state index in [2.05, 4.69) is 122 Å². The van der Waals surface area contributed by atoms with Crippen LogP contribution in [0.5, 0.6) is 0 Å². The third kappa shape index (κ3) is 27.3. The Morgan fingerprint density at radius 1 is 0.529 bits per heavy atom. The summed E-state index contributed by atoms with van der Waals surface area (Å²) in [6, 6.07) is -0.929. The molecule has 9 N–H and O–H groups in total. The van der Waals surface area contributed by atoms with Gasteiger partial charge in [0.25, 0.3) is 0 Å². The smallest absolute Gasteiger partial charge is 0.220 e. The molecule has 0 saturated carbocycles. The van der Waals surface area contributed by atoms with E-state index in [1.54, 1.807) is 12.2 Å². The van der Waals surface area contributed by atoms with E-state index in [0.717, 1.165) is 96.3 Å². The molecule has 12 unspecified atom stereocenters. The van der Waals surface area contributed by atoms with Crippen molar-refractivity contribution < 1.29 is 64.6 Å². The second-order valence-corrected chi connectivity index (χ2v) is 17.6. The Morgan fingerprint density at radius 3 is 1.49 bits per heavy atom. The first-order valence-corrected chi connectivity index (χ1v) is 25.8. The summed E-state index contributed by atoms with van der Waals surface area (Å²) in [6.45, 7) is 2.39. The number of aliphatic hydroxyl groups excluding tert-OH is 8. The molecule has 2 fully saturated rings. The summed E-state index contributed by atoms with van der Waals surface area (Å²) in [5.41, 5.74) is 0. The second-order valence-electron chi connectivity index (χ2n) is 17.6. The monoisotopic (exact) mass is 984 g/mol. The van der Waals surface area contributed by atoms with Gasteiger partial charge in [0.1, 0.15) is 48.8 Å². The molecule has 2 heterocycles. The molecule has 0 spiro atoms. The number of carbonyl (C=O) groups excluding carboxylic acids is 1. The summed E-state index contributed by atoms with van der Waals surface area (Å²) in [7, 11) is 0. The van der Waals surface area contributed by atoms with Crippen LogP contribution >= 0.6 is 0 Å². The maximum atomic E-state index is 13.0. The number of aliphatic hydroxyl groups is 8. The van der Waals surface area contributed by atoms with E-state index < -0.39 is 86.8 Å². The van der Waals surface area contributed by atoms with E-state index in [4.69, 9.17) is 18.9 Å². The highest BCUT2D eigenvalue weighted by Crippen LogP contribution is 2.30. The molecule has 1 amide bonds. The number of hydrogen-bond donors (Lipinski definition) is 9. The van der Waals surface area contributed by atoms with E-state index >= 15 is 0 Å². The van der Waals surface area contributed by atoms with Crippen molar-refractivity contribution in [3.63, 3.8) is 0 Å². The van der Waals surface area contributed by atoms with Crippen molar-refractivity contribution in [1.29, 1.82) is 0 Å². The molecule has 0 radical (unpaired) electrons. The predicted octanol–water partition coefficient (Wildman–Crippen LogP) is 7.10. The molecule has 0 aromatic rings. The average Bonchev–Trinajstić information content (AvgIpc) is 3.36. The molecule has 14 nitrogen and oxygen atoms in total. The average molecular weight is 984 g/mol. The molecule has 396 valence electrons. The zero-order valence-corrected chi connectivity index (χ0v) is 41.9. The van der Waals surface area contributed by atoms with Crippen molar-refractivity contribution in [3.05, 3.63) is 122 Å². The van der Waals surface area contributed by atoms with Gasteiger partial charge in [-0.05, 0) is 83.5 Å². The third-order valence-electron chi connectivity index (χ3n) is 11.6. The number of rotatable bonds is 37. The molecule has 0 aromatic heterocycles. The Balaban J connectivity index is 1.60. The van der Waals surface area contributed by atoms with Gasteiger partial charge >= 0.3 is 0 Å². The maximum Gasteiger partial charge on any atom is 0.220 e. The molecule has 12 atom stereocenters. The summed E-state index contributed by atoms with van der Waals surface area (Å²) in [4.78, 5) is 13.0. The fraction of sp³-hybridized carbons (Fsp3) is 0.625. The zero-order valence-electron chi connectivity index (χ0n) is 41.9. The third-order valence-corrected chi connectivity index (χ3v) is 11.6. The van der Waals surface area contributed by atoms with Gasteiger partial charge in [0.2, 0.25) is 5.91 Å². The number of carbonyl (C=O) groups is 1. The van der Waals surface area contributed by atoms with Crippen LogP contribution in [0, 0.1) is 0 Å². The van der Waals surface area contributed by atoms with Gasteiger partial charge in [-0.2, -0.15) is 0 Å². The van der Waals surface area contributed by atoms with Crippen LogP contribution in [0.4, 0.5) is 0 Å². The summed E-state index contributed by atoms with van der Waals surface area (Å²) >= 11 is 0. The summed E-state index contributed by atoms with van der Waals surface area (Å²) in [5, 5.41) is 85.8. The highest BCUT2D eigenvalue weighted by molar-refractivity contribution is 5.76. The molecule has 2 aliphatic heterocycles. The molecule has 70 heavy (non-hydrogen) atoms. The summed E-state index contributed by atoms with van der Waals surface area (Å²) < 4.78 is 22.4. The van der Waals surface area contributed by atoms with Gasteiger partial charge in [-0.3, -0.25) is 4.79 Å². The van der Waals surface area contributed by atoms with E-state index in [0.29, 0.717) is 12.8 Å². The van der Waals surface area contributed by atoms with Crippen LogP contribution in [0.3, 0.4) is 0 Å². The molecule has 0 aliphatic carbocycles. The second kappa shape index (κ2) is 40.9. The van der Waals surface area contributed by atoms with Crippen LogP contribution in [-0.2, 0) is 23.7 Å². The van der Waals surface area contributed by atoms with Crippen molar-refractivity contribution in [2.24, 2.45) is 0 Å². The number of hydrogen-bond acceptors (Lipinski definition) is 13. The fourth-order valence-electron chi connectivity index (χ4n) is 7.46. The lowest BCUT2D eigenvalue weighted by molar-refractivity contribution is -0.359. The van der Waals surface area contributed by atoms with Crippen LogP contribution in [0.1, 0.15) is 129 Å². The number of amides is 1. The van der Waals surface area contributed by atoms with Gasteiger partial charge in [0.15, 0.2) is 12.6 Å². The van der Waals surface area contributed by atoms with Gasteiger partial charge in [-0.1, -0.05) is 161 Å². The Morgan fingerprint density at radius 2 is 0.986 bits per heavy atom. The van der Waals surface area contributed by atoms with E-state index in [9.17, 15) is 45.6 Å². The lowest BCUT2D eigenvalue weighted by Gasteiger charge is -2.46. The highest BCUT2D eigenvalue weighted by atomic mass is 16.7. The number of ether oxygens (including phenoxy) is 4. The first-order chi connectivity index (χ1) is 34.1. The Bertz CT molecular complexity index is 1630. The van der Waals surface area contributed by atoms with Crippen molar-refractivity contribution in [2.75, 3.05) is 19.8 Å². The largest absolute Gasteiger partial charge is 0.394 e. The van der Waals surface area contributed by atoms with E-state index in [1.165, 1.54) is 0 Å². The standard InChI is InChI=1S/C56H89NO13/c1-3-5-7-8-9-10-11-12-13-14-15-16-17-18-19-20-21-22-23-24-25-26-27-28-29-30-31-32-33-34-35-36-38-40-48(61)57-44(45(60)39-37-6-4-2)43-67-55-53(66)51(64)54(47(42-59)69-55)70-56-52(65)50(63)49(62)46(41-58)68-56/h5,7,9-10,12-13,15-16,18-19,21-22,24-25,27-28,30-31,37,39,44-47,49-56,58-60,62-66H,3-4,6,8,11,14,17,20,23,26,29,32-36,38,40-43H2,1-2H3,(H,57,61)/b7-5-,10-9-,13-12-,16-15-,19-18-,22-21-,25-24-,28-27-,31-30-,39-37+. The minimum atomic E-state index is -1.79. The lowest BCUT2D eigenvalue weighted by atomic mass is 9.97. The Kier molecular flexibility index (Phi) is 36.5. The van der Waals surface area contributed by atoms with Crippen molar-refractivity contribution in [1.82, 2.24) is 5.32 Å². The van der Waals surface area contributed by atoms with Gasteiger partial charge in [-0.15, -0.1) is 0 Å². The zero-order chi connectivity index (χ0) is 51.0. The van der Waals surface area contributed by atoms with Crippen LogP contribution in [0.2, 0.25) is 0 Å². The number of nitrogens with one attached hydrogen (secondary N) is 1. The topological polar surface area (TPSA) is 228 Å². The highest BCUT2D eigenvalue weighted by Gasteiger charge is 2.51. The van der Waals surface area contributed by atoms with Crippen molar-refractivity contribution in [2.45, 2.75) is 203 Å². The molecule has 0 bridgehead atoms. The van der Waals surface area contributed by atoms with Crippen LogP contribution < -0.4 is 5.32 Å². The van der Waals surface area contributed by atoms with Gasteiger partial charge in [0.05, 0.1) is 32.0 Å². The number of unbranched alkanes of at least 4 members (excludes halogenated alkanes) is 6. The maximum absolute atomic E-state index is 13.0. The molecular formula is C56H89NO13. The van der Waals surface area contributed by atoms with E-state index in [-0.39, 0.29) is 18.9 Å².